The first-order valence-corrected chi connectivity index (χ1v) is 3.89. The van der Waals surface area contributed by atoms with Crippen LogP contribution in [-0.4, -0.2) is 28.6 Å². The SMILES string of the molecule is Bc1c(O)c(B)c(C#N)c(B)c1F. The van der Waals surface area contributed by atoms with E-state index in [1.54, 1.807) is 7.85 Å². The molecule has 0 atom stereocenters. The molecule has 0 saturated heterocycles. The Morgan fingerprint density at radius 3 is 2.15 bits per heavy atom. The van der Waals surface area contributed by atoms with Crippen LogP contribution in [0.2, 0.25) is 0 Å². The molecule has 62 valence electrons. The second-order valence-electron chi connectivity index (χ2n) is 3.02. The summed E-state index contributed by atoms with van der Waals surface area (Å²) in [6, 6.07) is 1.87. The van der Waals surface area contributed by atoms with E-state index in [1.807, 2.05) is 6.07 Å². The largest absolute Gasteiger partial charge is 0.509 e. The van der Waals surface area contributed by atoms with E-state index in [2.05, 4.69) is 0 Å². The standard InChI is InChI=1S/C7H7B3FNO/c8-3-2(1-12)4(9)7(13)5(10)6(3)11/h13H,8-10H2. The Hall–Kier alpha value is -1.37. The lowest BCUT2D eigenvalue weighted by Crippen LogP contribution is -2.33. The van der Waals surface area contributed by atoms with E-state index < -0.39 is 5.82 Å². The number of aromatic hydroxyl groups is 1. The van der Waals surface area contributed by atoms with Crippen molar-refractivity contribution in [3.8, 4) is 11.8 Å². The van der Waals surface area contributed by atoms with E-state index in [0.717, 1.165) is 0 Å². The minimum absolute atomic E-state index is 0.125. The van der Waals surface area contributed by atoms with Gasteiger partial charge in [-0.2, -0.15) is 5.26 Å². The second kappa shape index (κ2) is 3.17. The van der Waals surface area contributed by atoms with Crippen LogP contribution in [0.25, 0.3) is 0 Å². The molecule has 0 heterocycles. The number of hydrogen-bond acceptors (Lipinski definition) is 2. The lowest BCUT2D eigenvalue weighted by Gasteiger charge is -2.10. The van der Waals surface area contributed by atoms with Crippen LogP contribution in [-0.2, 0) is 0 Å². The van der Waals surface area contributed by atoms with Gasteiger partial charge in [0, 0.05) is 5.56 Å². The van der Waals surface area contributed by atoms with Crippen LogP contribution < -0.4 is 16.4 Å². The summed E-state index contributed by atoms with van der Waals surface area (Å²) in [4.78, 5) is 0. The van der Waals surface area contributed by atoms with Crippen molar-refractivity contribution in [1.82, 2.24) is 0 Å². The van der Waals surface area contributed by atoms with Gasteiger partial charge in [0.05, 0.1) is 6.07 Å². The van der Waals surface area contributed by atoms with E-state index in [-0.39, 0.29) is 16.8 Å². The maximum absolute atomic E-state index is 13.3. The number of hydrogen-bond donors (Lipinski definition) is 1. The van der Waals surface area contributed by atoms with Crippen molar-refractivity contribution in [2.75, 3.05) is 0 Å². The monoisotopic (exact) mass is 173 g/mol. The molecule has 0 spiro atoms. The molecular formula is C7H7B3FNO. The summed E-state index contributed by atoms with van der Waals surface area (Å²) >= 11 is 0. The van der Waals surface area contributed by atoms with E-state index in [0.29, 0.717) is 10.9 Å². The molecule has 6 heteroatoms. The molecule has 0 bridgehead atoms. The number of nitriles is 1. The average molecular weight is 173 g/mol. The highest BCUT2D eigenvalue weighted by atomic mass is 19.1. The topological polar surface area (TPSA) is 44.0 Å². The predicted molar refractivity (Wildman–Crippen MR) is 57.3 cm³/mol. The molecule has 0 radical (unpaired) electrons. The van der Waals surface area contributed by atoms with Crippen LogP contribution in [0, 0.1) is 17.1 Å². The highest BCUT2D eigenvalue weighted by Gasteiger charge is 2.14. The number of nitrogens with zero attached hydrogens (tertiary/aromatic N) is 1. The Labute approximate surface area is 78.6 Å². The third kappa shape index (κ3) is 1.31. The van der Waals surface area contributed by atoms with Crippen molar-refractivity contribution < 1.29 is 9.50 Å². The highest BCUT2D eigenvalue weighted by molar-refractivity contribution is 6.47. The summed E-state index contributed by atoms with van der Waals surface area (Å²) in [6.45, 7) is 0. The maximum atomic E-state index is 13.3. The van der Waals surface area contributed by atoms with Gasteiger partial charge in [0.25, 0.3) is 0 Å². The second-order valence-corrected chi connectivity index (χ2v) is 3.02. The molecule has 0 unspecified atom stereocenters. The van der Waals surface area contributed by atoms with Gasteiger partial charge in [-0.25, -0.2) is 4.39 Å². The third-order valence-electron chi connectivity index (χ3n) is 2.23. The van der Waals surface area contributed by atoms with Crippen LogP contribution in [0.5, 0.6) is 5.75 Å². The Balaban J connectivity index is 3.69. The van der Waals surface area contributed by atoms with Gasteiger partial charge in [-0.3, -0.25) is 0 Å². The van der Waals surface area contributed by atoms with Gasteiger partial charge in [0.15, 0.2) is 0 Å². The van der Waals surface area contributed by atoms with Crippen LogP contribution >= 0.6 is 0 Å². The summed E-state index contributed by atoms with van der Waals surface area (Å²) in [6.07, 6.45) is 0. The maximum Gasteiger partial charge on any atom is 0.148 e. The molecule has 0 fully saturated rings. The molecule has 13 heavy (non-hydrogen) atoms. The molecule has 0 amide bonds. The van der Waals surface area contributed by atoms with Gasteiger partial charge in [0.2, 0.25) is 0 Å². The Kier molecular flexibility index (Phi) is 2.37. The minimum atomic E-state index is -0.500. The fourth-order valence-electron chi connectivity index (χ4n) is 1.34. The van der Waals surface area contributed by atoms with Gasteiger partial charge in [-0.05, 0) is 16.4 Å². The Bertz CT molecular complexity index is 384. The predicted octanol–water partition coefficient (Wildman–Crippen LogP) is -3.82. The van der Waals surface area contributed by atoms with E-state index in [1.165, 1.54) is 15.7 Å². The molecular weight excluding hydrogens is 166 g/mol. The molecule has 2 nitrogen and oxygen atoms in total. The van der Waals surface area contributed by atoms with Crippen LogP contribution in [0.4, 0.5) is 4.39 Å². The van der Waals surface area contributed by atoms with Gasteiger partial charge >= 0.3 is 0 Å². The zero-order valence-electron chi connectivity index (χ0n) is 7.77. The van der Waals surface area contributed by atoms with Crippen molar-refractivity contribution in [1.29, 1.82) is 5.26 Å². The Morgan fingerprint density at radius 1 is 1.15 bits per heavy atom. The average Bonchev–Trinajstić information content (AvgIpc) is 2.13. The number of phenolic OH excluding ortho intramolecular Hbond substituents is 1. The number of rotatable bonds is 0. The smallest absolute Gasteiger partial charge is 0.148 e. The van der Waals surface area contributed by atoms with Gasteiger partial charge < -0.3 is 5.11 Å². The van der Waals surface area contributed by atoms with Gasteiger partial charge in [0.1, 0.15) is 35.1 Å². The van der Waals surface area contributed by atoms with E-state index in [9.17, 15) is 9.50 Å². The summed E-state index contributed by atoms with van der Waals surface area (Å²) in [5.74, 6) is -0.626. The molecule has 1 rings (SSSR count). The first kappa shape index (κ1) is 9.72. The number of benzene rings is 1. The van der Waals surface area contributed by atoms with Crippen LogP contribution in [0.3, 0.4) is 0 Å². The Morgan fingerprint density at radius 2 is 1.69 bits per heavy atom. The number of halogens is 1. The normalized spacial score (nSPS) is 9.54. The minimum Gasteiger partial charge on any atom is -0.509 e. The summed E-state index contributed by atoms with van der Waals surface area (Å²) in [5, 5.41) is 18.1. The lowest BCUT2D eigenvalue weighted by atomic mass is 9.75. The summed E-state index contributed by atoms with van der Waals surface area (Å²) in [7, 11) is 4.63. The molecule has 0 aliphatic rings. The zero-order chi connectivity index (χ0) is 10.2. The fraction of sp³-hybridized carbons (Fsp3) is 0. The van der Waals surface area contributed by atoms with Crippen molar-refractivity contribution in [2.24, 2.45) is 0 Å². The third-order valence-corrected chi connectivity index (χ3v) is 2.23. The molecule has 0 aliphatic carbocycles. The zero-order valence-corrected chi connectivity index (χ0v) is 7.77. The molecule has 1 N–H and O–H groups in total. The first-order valence-electron chi connectivity index (χ1n) is 3.89. The lowest BCUT2D eigenvalue weighted by molar-refractivity contribution is 0.480. The summed E-state index contributed by atoms with van der Waals surface area (Å²) in [5.41, 5.74) is 1.17. The van der Waals surface area contributed by atoms with Crippen molar-refractivity contribution >= 4 is 39.9 Å². The molecule has 0 saturated carbocycles. The fourth-order valence-corrected chi connectivity index (χ4v) is 1.34. The summed E-state index contributed by atoms with van der Waals surface area (Å²) < 4.78 is 13.3. The van der Waals surface area contributed by atoms with Crippen molar-refractivity contribution in [3.05, 3.63) is 11.4 Å². The first-order chi connectivity index (χ1) is 6.00. The van der Waals surface area contributed by atoms with Crippen LogP contribution in [0.1, 0.15) is 5.56 Å². The van der Waals surface area contributed by atoms with Gasteiger partial charge in [-0.1, -0.05) is 0 Å². The van der Waals surface area contributed by atoms with Crippen molar-refractivity contribution in [3.63, 3.8) is 0 Å². The van der Waals surface area contributed by atoms with E-state index >= 15 is 0 Å². The van der Waals surface area contributed by atoms with E-state index in [4.69, 9.17) is 5.26 Å². The number of phenols is 1. The molecule has 0 aliphatic heterocycles. The van der Waals surface area contributed by atoms with Crippen molar-refractivity contribution in [2.45, 2.75) is 0 Å². The van der Waals surface area contributed by atoms with Gasteiger partial charge in [-0.15, -0.1) is 0 Å². The van der Waals surface area contributed by atoms with Crippen LogP contribution in [0.15, 0.2) is 0 Å². The quantitative estimate of drug-likeness (QED) is 0.408. The molecule has 1 aromatic carbocycles. The molecule has 0 aromatic heterocycles. The highest BCUT2D eigenvalue weighted by Crippen LogP contribution is 2.03. The molecule has 1 aromatic rings.